The maximum absolute atomic E-state index is 13.5. The highest BCUT2D eigenvalue weighted by Crippen LogP contribution is 2.19. The molecule has 0 fully saturated rings. The molecule has 6 nitrogen and oxygen atoms in total. The van der Waals surface area contributed by atoms with E-state index in [1.807, 2.05) is 31.3 Å². The lowest BCUT2D eigenvalue weighted by Crippen LogP contribution is -2.39. The van der Waals surface area contributed by atoms with Crippen molar-refractivity contribution in [3.05, 3.63) is 65.9 Å². The zero-order valence-electron chi connectivity index (χ0n) is 17.8. The molecule has 0 saturated carbocycles. The molecule has 31 heavy (non-hydrogen) atoms. The first-order valence-electron chi connectivity index (χ1n) is 10.3. The van der Waals surface area contributed by atoms with Crippen LogP contribution in [0.1, 0.15) is 17.8 Å². The molecule has 0 bridgehead atoms. The van der Waals surface area contributed by atoms with E-state index in [1.54, 1.807) is 19.2 Å². The third-order valence-corrected chi connectivity index (χ3v) is 5.34. The molecule has 0 atom stereocenters. The number of para-hydroxylation sites is 2. The highest BCUT2D eigenvalue weighted by atomic mass is 127. The van der Waals surface area contributed by atoms with Crippen LogP contribution in [0, 0.1) is 12.7 Å². The summed E-state index contributed by atoms with van der Waals surface area (Å²) in [5, 5.41) is 7.63. The fourth-order valence-corrected chi connectivity index (χ4v) is 3.82. The van der Waals surface area contributed by atoms with Crippen molar-refractivity contribution in [2.75, 3.05) is 20.1 Å². The largest absolute Gasteiger partial charge is 0.361 e. The third-order valence-electron chi connectivity index (χ3n) is 5.34. The standard InChI is InChI=1S/C23H27FN6.HI/c1-16-29-21-6-3-4-7-22(21)30(16)13-5-11-26-23(25-2)27-12-10-17-15-28-20-9-8-18(24)14-19(17)20;/h3-4,6-9,14-15,28H,5,10-13H2,1-2H3,(H2,25,26,27);1H. The summed E-state index contributed by atoms with van der Waals surface area (Å²) >= 11 is 0. The highest BCUT2D eigenvalue weighted by molar-refractivity contribution is 14.0. The number of H-pyrrole nitrogens is 1. The van der Waals surface area contributed by atoms with Crippen molar-refractivity contribution < 1.29 is 4.39 Å². The molecule has 0 radical (unpaired) electrons. The second kappa shape index (κ2) is 10.6. The van der Waals surface area contributed by atoms with Gasteiger partial charge in [0.25, 0.3) is 0 Å². The number of halogens is 2. The van der Waals surface area contributed by atoms with Gasteiger partial charge >= 0.3 is 0 Å². The van der Waals surface area contributed by atoms with E-state index in [2.05, 4.69) is 36.2 Å². The monoisotopic (exact) mass is 534 g/mol. The molecule has 0 saturated heterocycles. The van der Waals surface area contributed by atoms with Crippen LogP contribution in [0.2, 0.25) is 0 Å². The van der Waals surface area contributed by atoms with E-state index in [0.29, 0.717) is 6.54 Å². The van der Waals surface area contributed by atoms with Gasteiger partial charge in [0.1, 0.15) is 11.6 Å². The minimum atomic E-state index is -0.213. The molecule has 0 unspecified atom stereocenters. The Morgan fingerprint density at radius 2 is 1.97 bits per heavy atom. The van der Waals surface area contributed by atoms with E-state index < -0.39 is 0 Å². The maximum Gasteiger partial charge on any atom is 0.190 e. The Hall–Kier alpha value is -2.62. The van der Waals surface area contributed by atoms with Crippen molar-refractivity contribution >= 4 is 51.9 Å². The van der Waals surface area contributed by atoms with E-state index in [1.165, 1.54) is 11.6 Å². The van der Waals surface area contributed by atoms with Gasteiger partial charge in [-0.3, -0.25) is 4.99 Å². The second-order valence-electron chi connectivity index (χ2n) is 7.33. The number of guanidine groups is 1. The highest BCUT2D eigenvalue weighted by Gasteiger charge is 2.07. The molecule has 0 aliphatic carbocycles. The Morgan fingerprint density at radius 3 is 2.81 bits per heavy atom. The Morgan fingerprint density at radius 1 is 1.16 bits per heavy atom. The summed E-state index contributed by atoms with van der Waals surface area (Å²) in [6, 6.07) is 13.0. The molecular weight excluding hydrogens is 506 g/mol. The van der Waals surface area contributed by atoms with E-state index in [9.17, 15) is 4.39 Å². The van der Waals surface area contributed by atoms with Gasteiger partial charge in [0.15, 0.2) is 5.96 Å². The van der Waals surface area contributed by atoms with Gasteiger partial charge in [-0.05, 0) is 55.7 Å². The predicted octanol–water partition coefficient (Wildman–Crippen LogP) is 4.38. The Labute approximate surface area is 198 Å². The first kappa shape index (κ1) is 23.1. The van der Waals surface area contributed by atoms with Crippen LogP contribution < -0.4 is 10.6 Å². The number of aliphatic imine (C=N–C) groups is 1. The van der Waals surface area contributed by atoms with Crippen LogP contribution in [0.25, 0.3) is 21.9 Å². The number of imidazole rings is 1. The van der Waals surface area contributed by atoms with Gasteiger partial charge in [-0.15, -0.1) is 24.0 Å². The molecular formula is C23H28FIN6. The molecule has 164 valence electrons. The zero-order valence-corrected chi connectivity index (χ0v) is 20.1. The molecule has 4 rings (SSSR count). The van der Waals surface area contributed by atoms with Crippen molar-refractivity contribution in [1.82, 2.24) is 25.2 Å². The van der Waals surface area contributed by atoms with Gasteiger partial charge in [-0.1, -0.05) is 12.1 Å². The lowest BCUT2D eigenvalue weighted by molar-refractivity contribution is 0.624. The minimum Gasteiger partial charge on any atom is -0.361 e. The topological polar surface area (TPSA) is 70.0 Å². The van der Waals surface area contributed by atoms with E-state index in [-0.39, 0.29) is 29.8 Å². The SMILES string of the molecule is CN=C(NCCCn1c(C)nc2ccccc21)NCCc1c[nH]c2ccc(F)cc12.I. The first-order valence-corrected chi connectivity index (χ1v) is 10.3. The number of aromatic amines is 1. The van der Waals surface area contributed by atoms with Crippen LogP contribution in [-0.4, -0.2) is 40.6 Å². The van der Waals surface area contributed by atoms with E-state index in [0.717, 1.165) is 59.7 Å². The van der Waals surface area contributed by atoms with Crippen LogP contribution in [0.15, 0.2) is 53.7 Å². The van der Waals surface area contributed by atoms with Crippen LogP contribution in [0.5, 0.6) is 0 Å². The molecule has 8 heteroatoms. The van der Waals surface area contributed by atoms with Gasteiger partial charge in [-0.25, -0.2) is 9.37 Å². The number of rotatable bonds is 7. The number of benzene rings is 2. The summed E-state index contributed by atoms with van der Waals surface area (Å²) in [6.45, 7) is 4.47. The fraction of sp³-hybridized carbons (Fsp3) is 0.304. The van der Waals surface area contributed by atoms with E-state index in [4.69, 9.17) is 0 Å². The Bertz CT molecular complexity index is 1180. The van der Waals surface area contributed by atoms with Crippen molar-refractivity contribution in [3.63, 3.8) is 0 Å². The molecule has 4 aromatic rings. The molecule has 3 N–H and O–H groups in total. The molecule has 0 aliphatic heterocycles. The van der Waals surface area contributed by atoms with Crippen molar-refractivity contribution in [1.29, 1.82) is 0 Å². The average Bonchev–Trinajstić information content (AvgIpc) is 3.29. The summed E-state index contributed by atoms with van der Waals surface area (Å²) < 4.78 is 15.8. The predicted molar refractivity (Wildman–Crippen MR) is 136 cm³/mol. The summed E-state index contributed by atoms with van der Waals surface area (Å²) in [5.74, 6) is 1.59. The van der Waals surface area contributed by atoms with Gasteiger partial charge in [0.05, 0.1) is 11.0 Å². The number of fused-ring (bicyclic) bond motifs is 2. The van der Waals surface area contributed by atoms with Crippen molar-refractivity contribution in [2.45, 2.75) is 26.3 Å². The molecule has 0 spiro atoms. The molecule has 0 aliphatic rings. The molecule has 2 heterocycles. The zero-order chi connectivity index (χ0) is 20.9. The van der Waals surface area contributed by atoms with Crippen LogP contribution in [0.3, 0.4) is 0 Å². The Kier molecular flexibility index (Phi) is 7.89. The number of nitrogens with one attached hydrogen (secondary N) is 3. The van der Waals surface area contributed by atoms with Crippen molar-refractivity contribution in [2.24, 2.45) is 4.99 Å². The number of aryl methyl sites for hydroxylation is 2. The second-order valence-corrected chi connectivity index (χ2v) is 7.33. The fourth-order valence-electron chi connectivity index (χ4n) is 3.82. The van der Waals surface area contributed by atoms with Crippen LogP contribution >= 0.6 is 24.0 Å². The summed E-state index contributed by atoms with van der Waals surface area (Å²) in [7, 11) is 1.77. The quantitative estimate of drug-likeness (QED) is 0.143. The van der Waals surface area contributed by atoms with Crippen LogP contribution in [-0.2, 0) is 13.0 Å². The van der Waals surface area contributed by atoms with Gasteiger partial charge in [-0.2, -0.15) is 0 Å². The van der Waals surface area contributed by atoms with Gasteiger partial charge < -0.3 is 20.2 Å². The minimum absolute atomic E-state index is 0. The summed E-state index contributed by atoms with van der Waals surface area (Å²) in [4.78, 5) is 12.1. The number of nitrogens with zero attached hydrogens (tertiary/aromatic N) is 3. The van der Waals surface area contributed by atoms with Gasteiger partial charge in [0.2, 0.25) is 0 Å². The summed E-state index contributed by atoms with van der Waals surface area (Å²) in [6.07, 6.45) is 3.69. The number of aromatic nitrogens is 3. The van der Waals surface area contributed by atoms with Crippen molar-refractivity contribution in [3.8, 4) is 0 Å². The third kappa shape index (κ3) is 5.36. The van der Waals surface area contributed by atoms with Crippen LogP contribution in [0.4, 0.5) is 4.39 Å². The number of hydrogen-bond donors (Lipinski definition) is 3. The molecule has 2 aromatic carbocycles. The number of hydrogen-bond acceptors (Lipinski definition) is 2. The van der Waals surface area contributed by atoms with E-state index >= 15 is 0 Å². The molecule has 0 amide bonds. The lowest BCUT2D eigenvalue weighted by Gasteiger charge is -2.12. The smallest absolute Gasteiger partial charge is 0.190 e. The maximum atomic E-state index is 13.5. The summed E-state index contributed by atoms with van der Waals surface area (Å²) in [5.41, 5.74) is 4.26. The first-order chi connectivity index (χ1) is 14.7. The lowest BCUT2D eigenvalue weighted by atomic mass is 10.1. The average molecular weight is 534 g/mol. The normalized spacial score (nSPS) is 11.6. The Balaban J connectivity index is 0.00000272. The molecule has 2 aromatic heterocycles. The van der Waals surface area contributed by atoms with Gasteiger partial charge in [0, 0.05) is 43.8 Å².